The molecule has 1 heterocycles. The second kappa shape index (κ2) is 7.71. The zero-order valence-electron chi connectivity index (χ0n) is 18.1. The van der Waals surface area contributed by atoms with Gasteiger partial charge in [0.25, 0.3) is 0 Å². The van der Waals surface area contributed by atoms with Gasteiger partial charge in [0.1, 0.15) is 5.75 Å². The van der Waals surface area contributed by atoms with E-state index in [4.69, 9.17) is 9.72 Å². The number of phenolic OH excluding ortho intramolecular Hbond substituents is 1. The number of hydrogen-bond donors (Lipinski definition) is 1. The number of nitrogens with zero attached hydrogens (tertiary/aromatic N) is 3. The Morgan fingerprint density at radius 2 is 1.39 bits per heavy atom. The van der Waals surface area contributed by atoms with Crippen LogP contribution in [-0.4, -0.2) is 26.7 Å². The lowest BCUT2D eigenvalue weighted by Gasteiger charge is -2.15. The Morgan fingerprint density at radius 1 is 0.697 bits per heavy atom. The lowest BCUT2D eigenvalue weighted by molar-refractivity contribution is 0.292. The first kappa shape index (κ1) is 19.4. The molecule has 6 aromatic rings. The molecule has 0 saturated carbocycles. The van der Waals surface area contributed by atoms with E-state index in [-0.39, 0.29) is 11.8 Å². The summed E-state index contributed by atoms with van der Waals surface area (Å²) in [6.07, 6.45) is 0.838. The zero-order valence-corrected chi connectivity index (χ0v) is 18.1. The highest BCUT2D eigenvalue weighted by Crippen LogP contribution is 2.40. The molecule has 6 rings (SSSR count). The molecule has 160 valence electrons. The summed E-state index contributed by atoms with van der Waals surface area (Å²) in [5.74, 6) is 1.02. The largest absolute Gasteiger partial charge is 0.507 e. The number of ether oxygens (including phenoxy) is 1. The van der Waals surface area contributed by atoms with E-state index in [9.17, 15) is 5.11 Å². The maximum atomic E-state index is 10.4. The third-order valence-electron chi connectivity index (χ3n) is 5.94. The maximum Gasteiger partial charge on any atom is 0.320 e. The minimum Gasteiger partial charge on any atom is -0.507 e. The number of rotatable bonds is 5. The number of para-hydroxylation sites is 1. The molecule has 1 aromatic heterocycles. The van der Waals surface area contributed by atoms with E-state index in [2.05, 4.69) is 64.6 Å². The summed E-state index contributed by atoms with van der Waals surface area (Å²) in [4.78, 5) is 14.0. The highest BCUT2D eigenvalue weighted by Gasteiger charge is 2.18. The average Bonchev–Trinajstić information content (AvgIpc) is 2.86. The summed E-state index contributed by atoms with van der Waals surface area (Å²) in [6, 6.07) is 26.4. The van der Waals surface area contributed by atoms with Gasteiger partial charge in [0, 0.05) is 5.56 Å². The molecular weight excluding hydrogens is 410 g/mol. The Bertz CT molecular complexity index is 1630. The van der Waals surface area contributed by atoms with E-state index in [1.54, 1.807) is 18.2 Å². The first-order valence-corrected chi connectivity index (χ1v) is 11.1. The number of aromatic hydroxyl groups is 1. The average molecular weight is 431 g/mol. The first-order chi connectivity index (χ1) is 16.2. The van der Waals surface area contributed by atoms with Crippen LogP contribution in [0.3, 0.4) is 0 Å². The Morgan fingerprint density at radius 3 is 2.18 bits per heavy atom. The van der Waals surface area contributed by atoms with Crippen molar-refractivity contribution in [3.63, 3.8) is 0 Å². The molecule has 0 fully saturated rings. The van der Waals surface area contributed by atoms with Crippen LogP contribution in [0.5, 0.6) is 11.8 Å². The SMILES string of the molecule is CCCOc1nc(-c2ccccc2O)nc(-c2cc3cccc4ccc5cccc2c5c43)n1. The quantitative estimate of drug-likeness (QED) is 0.312. The second-order valence-corrected chi connectivity index (χ2v) is 8.10. The van der Waals surface area contributed by atoms with E-state index in [1.165, 1.54) is 21.5 Å². The van der Waals surface area contributed by atoms with Gasteiger partial charge in [-0.15, -0.1) is 0 Å². The number of aromatic nitrogens is 3. The topological polar surface area (TPSA) is 68.1 Å². The zero-order chi connectivity index (χ0) is 22.4. The number of benzene rings is 5. The molecule has 5 nitrogen and oxygen atoms in total. The summed E-state index contributed by atoms with van der Waals surface area (Å²) in [5, 5.41) is 17.5. The summed E-state index contributed by atoms with van der Waals surface area (Å²) in [6.45, 7) is 2.54. The van der Waals surface area contributed by atoms with Crippen molar-refractivity contribution in [2.24, 2.45) is 0 Å². The minimum atomic E-state index is 0.117. The fourth-order valence-corrected chi connectivity index (χ4v) is 4.46. The summed E-state index contributed by atoms with van der Waals surface area (Å²) >= 11 is 0. The monoisotopic (exact) mass is 431 g/mol. The van der Waals surface area contributed by atoms with Gasteiger partial charge in [0.15, 0.2) is 11.6 Å². The van der Waals surface area contributed by atoms with Gasteiger partial charge in [-0.2, -0.15) is 9.97 Å². The normalized spacial score (nSPS) is 11.5. The number of phenols is 1. The van der Waals surface area contributed by atoms with Gasteiger partial charge in [0.2, 0.25) is 0 Å². The molecule has 0 unspecified atom stereocenters. The van der Waals surface area contributed by atoms with E-state index in [1.807, 2.05) is 13.0 Å². The lowest BCUT2D eigenvalue weighted by atomic mass is 9.91. The van der Waals surface area contributed by atoms with Gasteiger partial charge in [0.05, 0.1) is 12.2 Å². The molecule has 0 bridgehead atoms. The molecule has 0 saturated heterocycles. The van der Waals surface area contributed by atoms with Crippen LogP contribution >= 0.6 is 0 Å². The number of hydrogen-bond acceptors (Lipinski definition) is 5. The molecule has 0 radical (unpaired) electrons. The Kier molecular flexibility index (Phi) is 4.54. The van der Waals surface area contributed by atoms with Crippen LogP contribution in [0.4, 0.5) is 0 Å². The Hall–Kier alpha value is -4.25. The van der Waals surface area contributed by atoms with E-state index in [0.717, 1.165) is 22.8 Å². The molecular formula is C28H21N3O2. The van der Waals surface area contributed by atoms with Crippen molar-refractivity contribution in [1.29, 1.82) is 0 Å². The molecule has 0 atom stereocenters. The Balaban J connectivity index is 1.67. The smallest absolute Gasteiger partial charge is 0.320 e. The van der Waals surface area contributed by atoms with Crippen molar-refractivity contribution in [3.8, 4) is 34.5 Å². The highest BCUT2D eigenvalue weighted by atomic mass is 16.5. The fourth-order valence-electron chi connectivity index (χ4n) is 4.46. The van der Waals surface area contributed by atoms with Crippen LogP contribution < -0.4 is 4.74 Å². The van der Waals surface area contributed by atoms with Gasteiger partial charge in [-0.05, 0) is 56.9 Å². The van der Waals surface area contributed by atoms with Crippen molar-refractivity contribution >= 4 is 32.3 Å². The van der Waals surface area contributed by atoms with E-state index >= 15 is 0 Å². The molecule has 1 N–H and O–H groups in total. The fraction of sp³-hybridized carbons (Fsp3) is 0.107. The lowest BCUT2D eigenvalue weighted by Crippen LogP contribution is -2.05. The van der Waals surface area contributed by atoms with Gasteiger partial charge in [-0.25, -0.2) is 4.98 Å². The van der Waals surface area contributed by atoms with Crippen molar-refractivity contribution in [2.45, 2.75) is 13.3 Å². The van der Waals surface area contributed by atoms with Crippen molar-refractivity contribution < 1.29 is 9.84 Å². The maximum absolute atomic E-state index is 10.4. The minimum absolute atomic E-state index is 0.117. The molecule has 0 aliphatic carbocycles. The summed E-state index contributed by atoms with van der Waals surface area (Å²) in [5.41, 5.74) is 1.45. The highest BCUT2D eigenvalue weighted by molar-refractivity contribution is 6.26. The van der Waals surface area contributed by atoms with Crippen LogP contribution in [0.2, 0.25) is 0 Å². The first-order valence-electron chi connectivity index (χ1n) is 11.1. The van der Waals surface area contributed by atoms with Crippen LogP contribution in [0, 0.1) is 0 Å². The van der Waals surface area contributed by atoms with E-state index in [0.29, 0.717) is 23.8 Å². The third-order valence-corrected chi connectivity index (χ3v) is 5.94. The van der Waals surface area contributed by atoms with Crippen LogP contribution in [0.1, 0.15) is 13.3 Å². The molecule has 0 spiro atoms. The standard InChI is InChI=1S/C28H21N3O2/c1-2-15-33-28-30-26(21-10-3-4-12-23(21)32)29-27(31-28)22-16-19-9-5-7-17-13-14-18-8-6-11-20(22)25(18)24(17)19/h3-14,16,32H,2,15H2,1H3. The molecule has 0 aliphatic rings. The van der Waals surface area contributed by atoms with Crippen molar-refractivity contribution in [3.05, 3.63) is 78.9 Å². The Labute approximate surface area is 190 Å². The van der Waals surface area contributed by atoms with Crippen LogP contribution in [-0.2, 0) is 0 Å². The summed E-state index contributed by atoms with van der Waals surface area (Å²) in [7, 11) is 0. The van der Waals surface area contributed by atoms with Crippen molar-refractivity contribution in [1.82, 2.24) is 15.0 Å². The van der Waals surface area contributed by atoms with Gasteiger partial charge in [-0.1, -0.05) is 67.6 Å². The summed E-state index contributed by atoms with van der Waals surface area (Å²) < 4.78 is 5.82. The third kappa shape index (κ3) is 3.21. The van der Waals surface area contributed by atoms with Crippen LogP contribution in [0.15, 0.2) is 78.9 Å². The molecule has 5 aromatic carbocycles. The van der Waals surface area contributed by atoms with Crippen molar-refractivity contribution in [2.75, 3.05) is 6.61 Å². The molecule has 0 aliphatic heterocycles. The predicted molar refractivity (Wildman–Crippen MR) is 132 cm³/mol. The predicted octanol–water partition coefficient (Wildman–Crippen LogP) is 6.60. The van der Waals surface area contributed by atoms with E-state index < -0.39 is 0 Å². The van der Waals surface area contributed by atoms with Crippen LogP contribution in [0.25, 0.3) is 55.1 Å². The second-order valence-electron chi connectivity index (χ2n) is 8.10. The molecule has 5 heteroatoms. The van der Waals surface area contributed by atoms with Gasteiger partial charge in [-0.3, -0.25) is 0 Å². The molecule has 33 heavy (non-hydrogen) atoms. The molecule has 0 amide bonds. The van der Waals surface area contributed by atoms with Gasteiger partial charge >= 0.3 is 6.01 Å². The van der Waals surface area contributed by atoms with Gasteiger partial charge < -0.3 is 9.84 Å².